The van der Waals surface area contributed by atoms with E-state index in [2.05, 4.69) is 29.6 Å². The van der Waals surface area contributed by atoms with Gasteiger partial charge in [-0.05, 0) is 38.4 Å². The average Bonchev–Trinajstić information content (AvgIpc) is 3.59. The van der Waals surface area contributed by atoms with Crippen LogP contribution in [0.3, 0.4) is 0 Å². The zero-order chi connectivity index (χ0) is 27.6. The first kappa shape index (κ1) is 27.6. The topological polar surface area (TPSA) is 111 Å². The largest absolute Gasteiger partial charge is 0.493 e. The summed E-state index contributed by atoms with van der Waals surface area (Å²) in [6.45, 7) is 13.2. The van der Waals surface area contributed by atoms with Crippen molar-refractivity contribution >= 4 is 20.0 Å². The van der Waals surface area contributed by atoms with Crippen LogP contribution in [-0.4, -0.2) is 88.4 Å². The van der Waals surface area contributed by atoms with Crippen molar-refractivity contribution in [2.24, 2.45) is 0 Å². The number of hydrogen-bond acceptors (Lipinski definition) is 7. The van der Waals surface area contributed by atoms with Crippen LogP contribution in [0.4, 0.5) is 10.6 Å². The van der Waals surface area contributed by atoms with E-state index in [4.69, 9.17) is 19.4 Å². The van der Waals surface area contributed by atoms with Crippen LogP contribution in [0.15, 0.2) is 24.4 Å². The molecule has 1 aliphatic heterocycles. The van der Waals surface area contributed by atoms with Crippen molar-refractivity contribution in [3.8, 4) is 23.1 Å². The number of nitrogens with zero attached hydrogens (tertiary/aromatic N) is 7. The van der Waals surface area contributed by atoms with Crippen molar-refractivity contribution in [3.05, 3.63) is 35.8 Å². The van der Waals surface area contributed by atoms with Gasteiger partial charge in [-0.3, -0.25) is 4.57 Å². The molecule has 1 saturated heterocycles. The Hall–Kier alpha value is -3.38. The molecular weight excluding hydrogens is 502 g/mol. The highest BCUT2D eigenvalue weighted by molar-refractivity contribution is 6.76. The van der Waals surface area contributed by atoms with Gasteiger partial charge in [-0.25, -0.2) is 14.5 Å². The van der Waals surface area contributed by atoms with Crippen molar-refractivity contribution < 1.29 is 19.4 Å². The molecule has 38 heavy (non-hydrogen) atoms. The Labute approximate surface area is 225 Å². The highest BCUT2D eigenvalue weighted by Gasteiger charge is 2.30. The Balaban J connectivity index is 1.73. The lowest BCUT2D eigenvalue weighted by molar-refractivity contribution is 0.0796. The van der Waals surface area contributed by atoms with Crippen molar-refractivity contribution in [1.82, 2.24) is 29.2 Å². The van der Waals surface area contributed by atoms with E-state index in [1.807, 2.05) is 36.6 Å². The van der Waals surface area contributed by atoms with Crippen molar-refractivity contribution in [2.75, 3.05) is 38.8 Å². The van der Waals surface area contributed by atoms with Crippen LogP contribution in [-0.2, 0) is 11.5 Å². The van der Waals surface area contributed by atoms with Crippen LogP contribution in [0, 0.1) is 13.8 Å². The Morgan fingerprint density at radius 2 is 1.92 bits per heavy atom. The molecule has 1 amide bonds. The second-order valence-electron chi connectivity index (χ2n) is 11.1. The summed E-state index contributed by atoms with van der Waals surface area (Å²) >= 11 is 0. The Bertz CT molecular complexity index is 1260. The first-order valence-corrected chi connectivity index (χ1v) is 16.6. The van der Waals surface area contributed by atoms with Crippen molar-refractivity contribution in [3.63, 3.8) is 0 Å². The molecule has 0 aliphatic carbocycles. The molecule has 0 aromatic carbocycles. The SMILES string of the molecule is COc1cnn(COCC[Si](C)(C)C)c1-c1cc(N2CC[C@@H](N(C)C(=O)O)C2)nc(-n2c(C)ccc2C)n1. The molecule has 4 rings (SSSR count). The molecule has 3 aromatic heterocycles. The number of carboxylic acid groups (broad SMARTS) is 1. The van der Waals surface area contributed by atoms with E-state index in [1.165, 1.54) is 4.90 Å². The quantitative estimate of drug-likeness (QED) is 0.299. The fraction of sp³-hybridized carbons (Fsp3) is 0.538. The maximum atomic E-state index is 11.5. The summed E-state index contributed by atoms with van der Waals surface area (Å²) in [6.07, 6.45) is 1.48. The molecule has 1 fully saturated rings. The number of methoxy groups -OCH3 is 1. The second-order valence-corrected chi connectivity index (χ2v) is 16.7. The third-order valence-corrected chi connectivity index (χ3v) is 8.69. The van der Waals surface area contributed by atoms with Gasteiger partial charge in [-0.15, -0.1) is 0 Å². The predicted octanol–water partition coefficient (Wildman–Crippen LogP) is 4.26. The molecule has 4 heterocycles. The van der Waals surface area contributed by atoms with E-state index in [1.54, 1.807) is 25.0 Å². The zero-order valence-electron chi connectivity index (χ0n) is 23.4. The van der Waals surface area contributed by atoms with Gasteiger partial charge in [-0.2, -0.15) is 10.1 Å². The van der Waals surface area contributed by atoms with E-state index >= 15 is 0 Å². The van der Waals surface area contributed by atoms with Gasteiger partial charge in [0.15, 0.2) is 5.75 Å². The highest BCUT2D eigenvalue weighted by atomic mass is 28.3. The fourth-order valence-electron chi connectivity index (χ4n) is 4.61. The predicted molar refractivity (Wildman–Crippen MR) is 149 cm³/mol. The summed E-state index contributed by atoms with van der Waals surface area (Å²) in [5.74, 6) is 1.87. The van der Waals surface area contributed by atoms with Gasteiger partial charge in [-0.1, -0.05) is 19.6 Å². The maximum absolute atomic E-state index is 11.5. The monoisotopic (exact) mass is 541 g/mol. The van der Waals surface area contributed by atoms with Crippen LogP contribution in [0.1, 0.15) is 17.8 Å². The standard InChI is InChI=1S/C26H39N7O4Si/c1-18-8-9-19(2)33(18)25-28-21(14-23(29-25)31-11-10-20(16-31)30(3)26(34)35)24-22(36-4)15-27-32(24)17-37-12-13-38(5,6)7/h8-9,14-15,20H,10-13,16-17H2,1-7H3,(H,34,35)/t20-/m1/s1. The average molecular weight is 542 g/mol. The van der Waals surface area contributed by atoms with Crippen molar-refractivity contribution in [1.29, 1.82) is 0 Å². The molecule has 0 spiro atoms. The summed E-state index contributed by atoms with van der Waals surface area (Å²) in [7, 11) is 2.02. The van der Waals surface area contributed by atoms with Crippen LogP contribution >= 0.6 is 0 Å². The molecule has 1 aliphatic rings. The molecule has 0 unspecified atom stereocenters. The number of likely N-dealkylation sites (N-methyl/N-ethyl adjacent to an activating group) is 1. The van der Waals surface area contributed by atoms with Gasteiger partial charge in [0.25, 0.3) is 0 Å². The van der Waals surface area contributed by atoms with E-state index in [-0.39, 0.29) is 12.8 Å². The minimum Gasteiger partial charge on any atom is -0.493 e. The van der Waals surface area contributed by atoms with E-state index in [0.29, 0.717) is 42.8 Å². The molecule has 1 atom stereocenters. The molecule has 11 nitrogen and oxygen atoms in total. The normalized spacial score (nSPS) is 15.8. The number of carbonyl (C=O) groups is 1. The van der Waals surface area contributed by atoms with E-state index in [0.717, 1.165) is 29.7 Å². The summed E-state index contributed by atoms with van der Waals surface area (Å²) < 4.78 is 15.5. The second kappa shape index (κ2) is 11.2. The lowest BCUT2D eigenvalue weighted by Gasteiger charge is -2.23. The summed E-state index contributed by atoms with van der Waals surface area (Å²) in [6, 6.07) is 6.96. The van der Waals surface area contributed by atoms with Crippen LogP contribution < -0.4 is 9.64 Å². The molecule has 0 bridgehead atoms. The third kappa shape index (κ3) is 6.02. The smallest absolute Gasteiger partial charge is 0.407 e. The number of hydrogen-bond donors (Lipinski definition) is 1. The number of amides is 1. The zero-order valence-corrected chi connectivity index (χ0v) is 24.4. The van der Waals surface area contributed by atoms with Gasteiger partial charge >= 0.3 is 6.09 Å². The van der Waals surface area contributed by atoms with Crippen LogP contribution in [0.25, 0.3) is 17.3 Å². The molecule has 3 aromatic rings. The van der Waals surface area contributed by atoms with E-state index < -0.39 is 14.2 Å². The number of aromatic nitrogens is 5. The molecule has 0 saturated carbocycles. The minimum atomic E-state index is -1.22. The number of aryl methyl sites for hydroxylation is 2. The molecule has 12 heteroatoms. The number of rotatable bonds is 10. The summed E-state index contributed by atoms with van der Waals surface area (Å²) in [5.41, 5.74) is 3.42. The van der Waals surface area contributed by atoms with Gasteiger partial charge in [0, 0.05) is 52.3 Å². The first-order chi connectivity index (χ1) is 18.0. The maximum Gasteiger partial charge on any atom is 0.407 e. The van der Waals surface area contributed by atoms with E-state index in [9.17, 15) is 9.90 Å². The number of ether oxygens (including phenoxy) is 2. The van der Waals surface area contributed by atoms with Crippen LogP contribution in [0.2, 0.25) is 25.7 Å². The molecule has 206 valence electrons. The van der Waals surface area contributed by atoms with Crippen LogP contribution in [0.5, 0.6) is 5.75 Å². The third-order valence-electron chi connectivity index (χ3n) is 6.99. The Morgan fingerprint density at radius 1 is 1.21 bits per heavy atom. The Morgan fingerprint density at radius 3 is 2.55 bits per heavy atom. The van der Waals surface area contributed by atoms with Gasteiger partial charge in [0.05, 0.1) is 25.0 Å². The highest BCUT2D eigenvalue weighted by Crippen LogP contribution is 2.33. The lowest BCUT2D eigenvalue weighted by atomic mass is 10.2. The summed E-state index contributed by atoms with van der Waals surface area (Å²) in [4.78, 5) is 24.9. The fourth-order valence-corrected chi connectivity index (χ4v) is 5.37. The first-order valence-electron chi connectivity index (χ1n) is 12.9. The molecule has 0 radical (unpaired) electrons. The van der Waals surface area contributed by atoms with Gasteiger partial charge in [0.1, 0.15) is 18.2 Å². The van der Waals surface area contributed by atoms with Gasteiger partial charge < -0.3 is 24.4 Å². The molecular formula is C26H39N7O4Si. The summed E-state index contributed by atoms with van der Waals surface area (Å²) in [5, 5.41) is 14.0. The molecule has 1 N–H and O–H groups in total. The minimum absolute atomic E-state index is 0.107. The van der Waals surface area contributed by atoms with Crippen molar-refractivity contribution in [2.45, 2.75) is 58.7 Å². The Kier molecular flexibility index (Phi) is 8.12. The number of anilines is 1. The van der Waals surface area contributed by atoms with Gasteiger partial charge in [0.2, 0.25) is 5.95 Å². The lowest BCUT2D eigenvalue weighted by Crippen LogP contribution is -2.38.